The molecule has 0 aromatic heterocycles. The van der Waals surface area contributed by atoms with E-state index in [1.807, 2.05) is 0 Å². The molecular formula is C15H29N. The van der Waals surface area contributed by atoms with Crippen LogP contribution in [0.4, 0.5) is 0 Å². The third-order valence-electron chi connectivity index (χ3n) is 4.78. The highest BCUT2D eigenvalue weighted by molar-refractivity contribution is 4.90. The van der Waals surface area contributed by atoms with Crippen molar-refractivity contribution < 1.29 is 0 Å². The molecule has 0 radical (unpaired) electrons. The second-order valence-corrected chi connectivity index (χ2v) is 7.71. The first-order valence-corrected chi connectivity index (χ1v) is 7.12. The molecule has 2 rings (SSSR count). The maximum Gasteiger partial charge on any atom is 0.00749 e. The minimum absolute atomic E-state index is 0.589. The summed E-state index contributed by atoms with van der Waals surface area (Å²) >= 11 is 0. The lowest BCUT2D eigenvalue weighted by Gasteiger charge is -2.36. The van der Waals surface area contributed by atoms with Crippen molar-refractivity contribution in [3.8, 4) is 0 Å². The van der Waals surface area contributed by atoms with Crippen LogP contribution in [0.25, 0.3) is 0 Å². The Morgan fingerprint density at radius 1 is 0.750 bits per heavy atom. The van der Waals surface area contributed by atoms with Crippen molar-refractivity contribution in [1.82, 2.24) is 5.32 Å². The van der Waals surface area contributed by atoms with Crippen molar-refractivity contribution in [3.63, 3.8) is 0 Å². The van der Waals surface area contributed by atoms with Gasteiger partial charge in [-0.05, 0) is 55.8 Å². The lowest BCUT2D eigenvalue weighted by Crippen LogP contribution is -2.41. The predicted molar refractivity (Wildman–Crippen MR) is 70.6 cm³/mol. The summed E-state index contributed by atoms with van der Waals surface area (Å²) in [7, 11) is 0. The third-order valence-corrected chi connectivity index (χ3v) is 4.78. The fourth-order valence-corrected chi connectivity index (χ4v) is 3.48. The molecule has 0 aromatic rings. The summed E-state index contributed by atoms with van der Waals surface area (Å²) in [5.41, 5.74) is 1.19. The van der Waals surface area contributed by atoms with Crippen LogP contribution in [0.15, 0.2) is 0 Å². The van der Waals surface area contributed by atoms with Crippen molar-refractivity contribution in [2.45, 2.75) is 84.7 Å². The average molecular weight is 223 g/mol. The van der Waals surface area contributed by atoms with Crippen LogP contribution in [0.2, 0.25) is 0 Å². The van der Waals surface area contributed by atoms with Gasteiger partial charge in [-0.1, -0.05) is 27.7 Å². The largest absolute Gasteiger partial charge is 0.311 e. The molecule has 2 aliphatic rings. The molecule has 2 fully saturated rings. The topological polar surface area (TPSA) is 12.0 Å². The fraction of sp³-hybridized carbons (Fsp3) is 1.00. The Labute approximate surface area is 101 Å². The lowest BCUT2D eigenvalue weighted by atomic mass is 9.75. The van der Waals surface area contributed by atoms with Gasteiger partial charge in [0.15, 0.2) is 0 Å². The van der Waals surface area contributed by atoms with Gasteiger partial charge in [-0.15, -0.1) is 0 Å². The van der Waals surface area contributed by atoms with Crippen LogP contribution in [-0.2, 0) is 0 Å². The normalized spacial score (nSPS) is 34.1. The van der Waals surface area contributed by atoms with Crippen LogP contribution in [0, 0.1) is 10.8 Å². The maximum absolute atomic E-state index is 3.91. The molecule has 1 nitrogen and oxygen atoms in total. The molecule has 2 aliphatic carbocycles. The maximum atomic E-state index is 3.91. The van der Waals surface area contributed by atoms with Gasteiger partial charge in [0.05, 0.1) is 0 Å². The molecule has 0 spiro atoms. The number of hydrogen-bond acceptors (Lipinski definition) is 1. The van der Waals surface area contributed by atoms with Gasteiger partial charge in [0.25, 0.3) is 0 Å². The van der Waals surface area contributed by atoms with E-state index in [2.05, 4.69) is 33.0 Å². The van der Waals surface area contributed by atoms with Gasteiger partial charge in [0.2, 0.25) is 0 Å². The van der Waals surface area contributed by atoms with E-state index in [-0.39, 0.29) is 0 Å². The zero-order valence-electron chi connectivity index (χ0n) is 11.6. The molecule has 0 aromatic carbocycles. The fourth-order valence-electron chi connectivity index (χ4n) is 3.48. The molecule has 0 heterocycles. The second-order valence-electron chi connectivity index (χ2n) is 7.71. The summed E-state index contributed by atoms with van der Waals surface area (Å²) in [4.78, 5) is 0. The monoisotopic (exact) mass is 223 g/mol. The van der Waals surface area contributed by atoms with E-state index < -0.39 is 0 Å². The molecule has 1 atom stereocenters. The average Bonchev–Trinajstić information content (AvgIpc) is 2.50. The Balaban J connectivity index is 1.76. The summed E-state index contributed by atoms with van der Waals surface area (Å²) in [6.45, 7) is 9.67. The van der Waals surface area contributed by atoms with Crippen LogP contribution in [0.3, 0.4) is 0 Å². The summed E-state index contributed by atoms with van der Waals surface area (Å²) < 4.78 is 0. The minimum Gasteiger partial charge on any atom is -0.311 e. The molecule has 2 saturated carbocycles. The Kier molecular flexibility index (Phi) is 3.36. The predicted octanol–water partition coefficient (Wildman–Crippen LogP) is 4.12. The third kappa shape index (κ3) is 3.23. The number of nitrogens with one attached hydrogen (secondary N) is 1. The van der Waals surface area contributed by atoms with E-state index in [9.17, 15) is 0 Å². The van der Waals surface area contributed by atoms with Crippen molar-refractivity contribution in [1.29, 1.82) is 0 Å². The Hall–Kier alpha value is -0.0400. The highest BCUT2D eigenvalue weighted by atomic mass is 15.0. The Morgan fingerprint density at radius 2 is 1.25 bits per heavy atom. The standard InChI is InChI=1S/C15H29N/c1-14(2)8-5-12(6-9-14)16-13-7-10-15(3,4)11-13/h12-13,16H,5-11H2,1-4H3. The first kappa shape index (κ1) is 12.4. The molecule has 94 valence electrons. The molecule has 0 bridgehead atoms. The first-order chi connectivity index (χ1) is 7.36. The molecule has 16 heavy (non-hydrogen) atoms. The zero-order chi connectivity index (χ0) is 11.8. The SMILES string of the molecule is CC1(C)CCC(NC2CCC(C)(C)C2)CC1. The van der Waals surface area contributed by atoms with Crippen molar-refractivity contribution in [2.75, 3.05) is 0 Å². The number of hydrogen-bond donors (Lipinski definition) is 1. The van der Waals surface area contributed by atoms with Crippen LogP contribution in [-0.4, -0.2) is 12.1 Å². The van der Waals surface area contributed by atoms with Gasteiger partial charge in [0.1, 0.15) is 0 Å². The van der Waals surface area contributed by atoms with E-state index in [4.69, 9.17) is 0 Å². The molecule has 0 amide bonds. The molecule has 0 aliphatic heterocycles. The smallest absolute Gasteiger partial charge is 0.00749 e. The van der Waals surface area contributed by atoms with Crippen LogP contribution < -0.4 is 5.32 Å². The van der Waals surface area contributed by atoms with E-state index in [1.165, 1.54) is 44.9 Å². The van der Waals surface area contributed by atoms with E-state index in [1.54, 1.807) is 0 Å². The summed E-state index contributed by atoms with van der Waals surface area (Å²) in [6.07, 6.45) is 9.78. The lowest BCUT2D eigenvalue weighted by molar-refractivity contribution is 0.196. The molecule has 1 heteroatoms. The van der Waals surface area contributed by atoms with Gasteiger partial charge in [0, 0.05) is 12.1 Å². The second kappa shape index (κ2) is 4.33. The quantitative estimate of drug-likeness (QED) is 0.742. The van der Waals surface area contributed by atoms with E-state index in [0.29, 0.717) is 10.8 Å². The molecule has 1 unspecified atom stereocenters. The number of rotatable bonds is 2. The highest BCUT2D eigenvalue weighted by Crippen LogP contribution is 2.39. The van der Waals surface area contributed by atoms with Crippen LogP contribution in [0.5, 0.6) is 0 Å². The van der Waals surface area contributed by atoms with Crippen LogP contribution in [0.1, 0.15) is 72.6 Å². The summed E-state index contributed by atoms with van der Waals surface area (Å²) in [6, 6.07) is 1.62. The Bertz CT molecular complexity index is 232. The molecular weight excluding hydrogens is 194 g/mol. The van der Waals surface area contributed by atoms with Crippen molar-refractivity contribution in [3.05, 3.63) is 0 Å². The van der Waals surface area contributed by atoms with Crippen molar-refractivity contribution >= 4 is 0 Å². The van der Waals surface area contributed by atoms with Crippen molar-refractivity contribution in [2.24, 2.45) is 10.8 Å². The highest BCUT2D eigenvalue weighted by Gasteiger charge is 2.33. The van der Waals surface area contributed by atoms with E-state index >= 15 is 0 Å². The van der Waals surface area contributed by atoms with Gasteiger partial charge >= 0.3 is 0 Å². The summed E-state index contributed by atoms with van der Waals surface area (Å²) in [5, 5.41) is 3.91. The van der Waals surface area contributed by atoms with Gasteiger partial charge in [-0.25, -0.2) is 0 Å². The van der Waals surface area contributed by atoms with E-state index in [0.717, 1.165) is 12.1 Å². The molecule has 1 N–H and O–H groups in total. The zero-order valence-corrected chi connectivity index (χ0v) is 11.6. The van der Waals surface area contributed by atoms with Crippen LogP contribution >= 0.6 is 0 Å². The van der Waals surface area contributed by atoms with Gasteiger partial charge < -0.3 is 5.32 Å². The minimum atomic E-state index is 0.589. The van der Waals surface area contributed by atoms with Gasteiger partial charge in [-0.2, -0.15) is 0 Å². The first-order valence-electron chi connectivity index (χ1n) is 7.12. The molecule has 0 saturated heterocycles. The summed E-state index contributed by atoms with van der Waals surface area (Å²) in [5.74, 6) is 0. The Morgan fingerprint density at radius 3 is 1.75 bits per heavy atom. The van der Waals surface area contributed by atoms with Gasteiger partial charge in [-0.3, -0.25) is 0 Å².